The summed E-state index contributed by atoms with van der Waals surface area (Å²) in [6, 6.07) is 2.16. The van der Waals surface area contributed by atoms with E-state index in [1.807, 2.05) is 6.07 Å². The zero-order chi connectivity index (χ0) is 16.6. The molecular formula is C18H30N4O2. The molecule has 0 bridgehead atoms. The van der Waals surface area contributed by atoms with Crippen molar-refractivity contribution in [2.75, 3.05) is 36.5 Å². The molecule has 1 aliphatic heterocycles. The molecule has 6 heteroatoms. The fraction of sp³-hybridized carbons (Fsp3) is 0.778. The molecule has 1 saturated heterocycles. The van der Waals surface area contributed by atoms with Gasteiger partial charge in [0, 0.05) is 19.2 Å². The lowest BCUT2D eigenvalue weighted by atomic mass is 10.1. The van der Waals surface area contributed by atoms with Gasteiger partial charge in [0.1, 0.15) is 18.0 Å². The highest BCUT2D eigenvalue weighted by Crippen LogP contribution is 2.24. The quantitative estimate of drug-likeness (QED) is 0.590. The molecule has 0 spiro atoms. The van der Waals surface area contributed by atoms with Crippen LogP contribution in [0.25, 0.3) is 0 Å². The molecule has 0 radical (unpaired) electrons. The van der Waals surface area contributed by atoms with Crippen LogP contribution in [0.3, 0.4) is 0 Å². The van der Waals surface area contributed by atoms with Gasteiger partial charge in [-0.3, -0.25) is 0 Å². The third-order valence-corrected chi connectivity index (χ3v) is 5.10. The van der Waals surface area contributed by atoms with Gasteiger partial charge in [0.15, 0.2) is 0 Å². The molecule has 1 aliphatic carbocycles. The summed E-state index contributed by atoms with van der Waals surface area (Å²) in [5.74, 6) is 1.72. The van der Waals surface area contributed by atoms with Crippen LogP contribution in [0.5, 0.6) is 0 Å². The number of anilines is 2. The van der Waals surface area contributed by atoms with E-state index in [0.717, 1.165) is 37.6 Å². The van der Waals surface area contributed by atoms with Crippen LogP contribution in [-0.2, 0) is 4.74 Å². The summed E-state index contributed by atoms with van der Waals surface area (Å²) in [5, 5.41) is 12.8. The summed E-state index contributed by atoms with van der Waals surface area (Å²) >= 11 is 0. The van der Waals surface area contributed by atoms with Crippen molar-refractivity contribution < 1.29 is 9.84 Å². The van der Waals surface area contributed by atoms with Gasteiger partial charge in [-0.15, -0.1) is 0 Å². The second-order valence-corrected chi connectivity index (χ2v) is 6.84. The van der Waals surface area contributed by atoms with Crippen LogP contribution < -0.4 is 10.2 Å². The molecular weight excluding hydrogens is 304 g/mol. The van der Waals surface area contributed by atoms with Gasteiger partial charge in [0.25, 0.3) is 0 Å². The van der Waals surface area contributed by atoms with E-state index in [0.29, 0.717) is 12.7 Å². The normalized spacial score (nSPS) is 22.5. The summed E-state index contributed by atoms with van der Waals surface area (Å²) in [6.45, 7) is 2.61. The van der Waals surface area contributed by atoms with Crippen molar-refractivity contribution in [2.24, 2.45) is 0 Å². The maximum atomic E-state index is 9.47. The Morgan fingerprint density at radius 1 is 1.12 bits per heavy atom. The Morgan fingerprint density at radius 3 is 2.75 bits per heavy atom. The van der Waals surface area contributed by atoms with Gasteiger partial charge in [-0.1, -0.05) is 25.7 Å². The van der Waals surface area contributed by atoms with Crippen LogP contribution in [0, 0.1) is 0 Å². The van der Waals surface area contributed by atoms with Gasteiger partial charge in [0.05, 0.1) is 25.4 Å². The smallest absolute Gasteiger partial charge is 0.134 e. The van der Waals surface area contributed by atoms with E-state index >= 15 is 0 Å². The first-order valence-electron chi connectivity index (χ1n) is 9.42. The van der Waals surface area contributed by atoms with E-state index in [1.165, 1.54) is 38.5 Å². The largest absolute Gasteiger partial charge is 0.394 e. The lowest BCUT2D eigenvalue weighted by molar-refractivity contribution is 0.0501. The predicted molar refractivity (Wildman–Crippen MR) is 95.4 cm³/mol. The number of nitrogens with one attached hydrogen (secondary N) is 1. The van der Waals surface area contributed by atoms with Gasteiger partial charge in [0.2, 0.25) is 0 Å². The Bertz CT molecular complexity index is 492. The van der Waals surface area contributed by atoms with Crippen molar-refractivity contribution in [1.82, 2.24) is 9.97 Å². The van der Waals surface area contributed by atoms with E-state index in [2.05, 4.69) is 20.2 Å². The van der Waals surface area contributed by atoms with Crippen LogP contribution in [0.4, 0.5) is 11.6 Å². The number of hydrogen-bond donors (Lipinski definition) is 2. The Hall–Kier alpha value is -1.40. The molecule has 1 unspecified atom stereocenters. The number of nitrogens with zero attached hydrogens (tertiary/aromatic N) is 3. The van der Waals surface area contributed by atoms with Crippen LogP contribution in [0.1, 0.15) is 51.4 Å². The minimum atomic E-state index is 0.183. The minimum absolute atomic E-state index is 0.183. The predicted octanol–water partition coefficient (Wildman–Crippen LogP) is 2.59. The van der Waals surface area contributed by atoms with Crippen LogP contribution >= 0.6 is 0 Å². The third-order valence-electron chi connectivity index (χ3n) is 5.10. The first-order valence-corrected chi connectivity index (χ1v) is 9.42. The average molecular weight is 334 g/mol. The fourth-order valence-corrected chi connectivity index (χ4v) is 3.74. The molecule has 0 aromatic carbocycles. The molecule has 1 aromatic rings. The molecule has 2 aliphatic rings. The Kier molecular flexibility index (Phi) is 6.66. The highest BCUT2D eigenvalue weighted by Gasteiger charge is 2.25. The number of hydrogen-bond acceptors (Lipinski definition) is 6. The van der Waals surface area contributed by atoms with Gasteiger partial charge in [-0.2, -0.15) is 0 Å². The molecule has 1 aromatic heterocycles. The standard InChI is InChI=1S/C18H30N4O2/c23-13-15-6-5-10-22(15)18-12-17(20-14-21-18)19-9-11-24-16-7-3-1-2-4-8-16/h12,14-16,23H,1-11,13H2,(H,19,20,21). The van der Waals surface area contributed by atoms with Crippen molar-refractivity contribution in [2.45, 2.75) is 63.5 Å². The number of ether oxygens (including phenoxy) is 1. The number of aromatic nitrogens is 2. The molecule has 2 N–H and O–H groups in total. The molecule has 24 heavy (non-hydrogen) atoms. The van der Waals surface area contributed by atoms with E-state index in [9.17, 15) is 5.11 Å². The van der Waals surface area contributed by atoms with E-state index in [1.54, 1.807) is 6.33 Å². The van der Waals surface area contributed by atoms with Crippen molar-refractivity contribution >= 4 is 11.6 Å². The Morgan fingerprint density at radius 2 is 1.96 bits per heavy atom. The summed E-state index contributed by atoms with van der Waals surface area (Å²) in [7, 11) is 0. The zero-order valence-electron chi connectivity index (χ0n) is 14.5. The summed E-state index contributed by atoms with van der Waals surface area (Å²) in [6.07, 6.45) is 11.9. The van der Waals surface area contributed by atoms with Crippen LogP contribution in [0.15, 0.2) is 12.4 Å². The van der Waals surface area contributed by atoms with Crippen molar-refractivity contribution in [3.8, 4) is 0 Å². The van der Waals surface area contributed by atoms with Gasteiger partial charge < -0.3 is 20.1 Å². The lowest BCUT2D eigenvalue weighted by Gasteiger charge is -2.24. The lowest BCUT2D eigenvalue weighted by Crippen LogP contribution is -2.32. The highest BCUT2D eigenvalue weighted by molar-refractivity contribution is 5.49. The summed E-state index contributed by atoms with van der Waals surface area (Å²) in [5.41, 5.74) is 0. The molecule has 0 amide bonds. The maximum Gasteiger partial charge on any atom is 0.134 e. The molecule has 2 heterocycles. The van der Waals surface area contributed by atoms with Crippen molar-refractivity contribution in [1.29, 1.82) is 0 Å². The second kappa shape index (κ2) is 9.18. The first kappa shape index (κ1) is 17.4. The average Bonchev–Trinajstić information content (AvgIpc) is 2.95. The van der Waals surface area contributed by atoms with E-state index < -0.39 is 0 Å². The molecule has 3 rings (SSSR count). The van der Waals surface area contributed by atoms with Crippen LogP contribution in [-0.4, -0.2) is 53.5 Å². The minimum Gasteiger partial charge on any atom is -0.394 e. The highest BCUT2D eigenvalue weighted by atomic mass is 16.5. The Balaban J connectivity index is 1.44. The van der Waals surface area contributed by atoms with Crippen molar-refractivity contribution in [3.05, 3.63) is 12.4 Å². The monoisotopic (exact) mass is 334 g/mol. The SMILES string of the molecule is OCC1CCCN1c1cc(NCCOC2CCCCCC2)ncn1. The third kappa shape index (κ3) is 4.80. The first-order chi connectivity index (χ1) is 11.9. The number of rotatable bonds is 7. The van der Waals surface area contributed by atoms with E-state index in [-0.39, 0.29) is 12.6 Å². The van der Waals surface area contributed by atoms with Gasteiger partial charge in [-0.05, 0) is 25.7 Å². The second-order valence-electron chi connectivity index (χ2n) is 6.84. The van der Waals surface area contributed by atoms with Gasteiger partial charge >= 0.3 is 0 Å². The van der Waals surface area contributed by atoms with E-state index in [4.69, 9.17) is 4.74 Å². The topological polar surface area (TPSA) is 70.5 Å². The summed E-state index contributed by atoms with van der Waals surface area (Å²) < 4.78 is 6.00. The zero-order valence-corrected chi connectivity index (χ0v) is 14.5. The Labute approximate surface area is 144 Å². The fourth-order valence-electron chi connectivity index (χ4n) is 3.74. The van der Waals surface area contributed by atoms with Gasteiger partial charge in [-0.25, -0.2) is 9.97 Å². The maximum absolute atomic E-state index is 9.47. The van der Waals surface area contributed by atoms with Crippen molar-refractivity contribution in [3.63, 3.8) is 0 Å². The summed E-state index contributed by atoms with van der Waals surface area (Å²) in [4.78, 5) is 10.8. The molecule has 6 nitrogen and oxygen atoms in total. The molecule has 1 atom stereocenters. The molecule has 1 saturated carbocycles. The molecule has 2 fully saturated rings. The molecule has 134 valence electrons. The number of aliphatic hydroxyl groups excluding tert-OH is 1. The number of aliphatic hydroxyl groups is 1. The van der Waals surface area contributed by atoms with Crippen LogP contribution in [0.2, 0.25) is 0 Å².